The first kappa shape index (κ1) is 25.4. The zero-order valence-electron chi connectivity index (χ0n) is 21.4. The maximum Gasteiger partial charge on any atom is 0.260 e. The molecule has 0 N–H and O–H groups in total. The normalized spacial score (nSPS) is 25.7. The Labute approximate surface area is 185 Å². The highest BCUT2D eigenvalue weighted by atomic mass is 28.4. The maximum atomic E-state index is 6.57. The summed E-state index contributed by atoms with van der Waals surface area (Å²) in [6, 6.07) is 8.18. The van der Waals surface area contributed by atoms with E-state index in [2.05, 4.69) is 87.5 Å². The van der Waals surface area contributed by atoms with Crippen molar-refractivity contribution in [1.29, 1.82) is 0 Å². The lowest BCUT2D eigenvalue weighted by Gasteiger charge is -2.61. The van der Waals surface area contributed by atoms with Crippen molar-refractivity contribution in [2.45, 2.75) is 105 Å². The summed E-state index contributed by atoms with van der Waals surface area (Å²) >= 11 is 0. The largest absolute Gasteiger partial charge is 0.543 e. The van der Waals surface area contributed by atoms with Gasteiger partial charge in [-0.25, -0.2) is 4.89 Å². The van der Waals surface area contributed by atoms with Gasteiger partial charge in [-0.05, 0) is 53.9 Å². The lowest BCUT2D eigenvalue weighted by molar-refractivity contribution is -0.636. The lowest BCUT2D eigenvalue weighted by Crippen LogP contribution is -2.71. The van der Waals surface area contributed by atoms with Gasteiger partial charge in [-0.15, -0.1) is 0 Å². The Balaban J connectivity index is 2.49. The first-order valence-electron chi connectivity index (χ1n) is 11.1. The highest BCUT2D eigenvalue weighted by Gasteiger charge is 2.71. The van der Waals surface area contributed by atoms with Gasteiger partial charge in [-0.3, -0.25) is 0 Å². The molecular weight excluding hydrogens is 392 g/mol. The van der Waals surface area contributed by atoms with Crippen molar-refractivity contribution in [1.82, 2.24) is 0 Å². The van der Waals surface area contributed by atoms with E-state index >= 15 is 0 Å². The van der Waals surface area contributed by atoms with Gasteiger partial charge in [-0.2, -0.15) is 4.89 Å². The molecule has 0 aliphatic carbocycles. The Bertz CT molecular complexity index is 735. The van der Waals surface area contributed by atoms with Crippen LogP contribution in [0.4, 0.5) is 0 Å². The van der Waals surface area contributed by atoms with Crippen molar-refractivity contribution in [3.8, 4) is 5.75 Å². The Morgan fingerprint density at radius 3 is 1.93 bits per heavy atom. The third kappa shape index (κ3) is 4.50. The van der Waals surface area contributed by atoms with Gasteiger partial charge in [0.25, 0.3) is 5.79 Å². The zero-order valence-corrected chi connectivity index (χ0v) is 22.4. The summed E-state index contributed by atoms with van der Waals surface area (Å²) in [4.78, 5) is 11.8. The van der Waals surface area contributed by atoms with Crippen LogP contribution in [0.1, 0.15) is 80.7 Å². The summed E-state index contributed by atoms with van der Waals surface area (Å²) in [6.45, 7) is 24.6. The Kier molecular flexibility index (Phi) is 6.69. The summed E-state index contributed by atoms with van der Waals surface area (Å²) in [7, 11) is -0.246. The van der Waals surface area contributed by atoms with Gasteiger partial charge < -0.3 is 9.16 Å². The molecule has 0 spiro atoms. The maximum absolute atomic E-state index is 6.57. The minimum absolute atomic E-state index is 0.125. The predicted molar refractivity (Wildman–Crippen MR) is 126 cm³/mol. The van der Waals surface area contributed by atoms with Gasteiger partial charge in [-0.1, -0.05) is 74.4 Å². The molecule has 172 valence electrons. The average molecular weight is 437 g/mol. The van der Waals surface area contributed by atoms with Crippen LogP contribution in [-0.4, -0.2) is 21.0 Å². The molecule has 1 heterocycles. The van der Waals surface area contributed by atoms with Gasteiger partial charge in [0.1, 0.15) is 5.75 Å². The van der Waals surface area contributed by atoms with Crippen LogP contribution < -0.4 is 4.43 Å². The fraction of sp³-hybridized carbons (Fsp3) is 0.760. The molecule has 1 fully saturated rings. The average Bonchev–Trinajstić information content (AvgIpc) is 2.51. The first-order chi connectivity index (χ1) is 13.4. The Hall–Kier alpha value is -0.883. The molecule has 5 heteroatoms. The predicted octanol–water partition coefficient (Wildman–Crippen LogP) is 7.44. The van der Waals surface area contributed by atoms with Crippen molar-refractivity contribution in [2.24, 2.45) is 10.8 Å². The lowest BCUT2D eigenvalue weighted by atomic mass is 9.64. The second kappa shape index (κ2) is 7.91. The molecule has 1 saturated heterocycles. The van der Waals surface area contributed by atoms with Crippen molar-refractivity contribution in [3.63, 3.8) is 0 Å². The summed E-state index contributed by atoms with van der Waals surface area (Å²) < 4.78 is 12.7. The van der Waals surface area contributed by atoms with Crippen LogP contribution >= 0.6 is 0 Å². The monoisotopic (exact) mass is 436 g/mol. The second-order valence-corrected chi connectivity index (χ2v) is 17.2. The number of hydrogen-bond donors (Lipinski definition) is 0. The number of ether oxygens (including phenoxy) is 1. The molecule has 1 aliphatic heterocycles. The smallest absolute Gasteiger partial charge is 0.260 e. The van der Waals surface area contributed by atoms with E-state index in [4.69, 9.17) is 18.9 Å². The van der Waals surface area contributed by atoms with E-state index < -0.39 is 19.7 Å². The summed E-state index contributed by atoms with van der Waals surface area (Å²) in [5.41, 5.74) is 0.334. The van der Waals surface area contributed by atoms with Crippen LogP contribution in [0, 0.1) is 10.8 Å². The van der Waals surface area contributed by atoms with Crippen LogP contribution in [0.3, 0.4) is 0 Å². The van der Waals surface area contributed by atoms with Crippen LogP contribution in [-0.2, 0) is 20.3 Å². The van der Waals surface area contributed by atoms with E-state index in [1.165, 1.54) is 0 Å². The highest BCUT2D eigenvalue weighted by Crippen LogP contribution is 2.60. The molecule has 4 nitrogen and oxygen atoms in total. The van der Waals surface area contributed by atoms with Crippen molar-refractivity contribution < 1.29 is 18.9 Å². The van der Waals surface area contributed by atoms with Gasteiger partial charge in [0, 0.05) is 12.7 Å². The van der Waals surface area contributed by atoms with Crippen LogP contribution in [0.2, 0.25) is 18.1 Å². The minimum Gasteiger partial charge on any atom is -0.543 e. The molecular formula is C25H44O4Si. The number of benzene rings is 1. The molecule has 0 saturated carbocycles. The summed E-state index contributed by atoms with van der Waals surface area (Å²) in [5, 5.41) is 0.125. The van der Waals surface area contributed by atoms with Crippen LogP contribution in [0.15, 0.2) is 24.3 Å². The molecule has 0 aromatic heterocycles. The minimum atomic E-state index is -1.96. The second-order valence-electron chi connectivity index (χ2n) is 12.5. The quantitative estimate of drug-likeness (QED) is 0.343. The summed E-state index contributed by atoms with van der Waals surface area (Å²) in [6.07, 6.45) is 1.83. The Morgan fingerprint density at radius 1 is 0.933 bits per heavy atom. The molecule has 1 aliphatic rings. The fourth-order valence-electron chi connectivity index (χ4n) is 3.78. The Morgan fingerprint density at radius 2 is 1.53 bits per heavy atom. The van der Waals surface area contributed by atoms with Gasteiger partial charge >= 0.3 is 0 Å². The number of methoxy groups -OCH3 is 1. The molecule has 1 aromatic rings. The standard InChI is InChI=1S/C25H44O4Si/c1-21(2,3)16-17-24(22(4,5)6)25(26-10,29-28-24)19-14-13-15-20(18-19)27-30(11,12)23(7,8)9/h13-15,18H,16-17H2,1-12H3. The van der Waals surface area contributed by atoms with Gasteiger partial charge in [0.2, 0.25) is 8.32 Å². The number of rotatable bonds is 6. The van der Waals surface area contributed by atoms with E-state index in [1.807, 2.05) is 12.1 Å². The third-order valence-electron chi connectivity index (χ3n) is 6.95. The fourth-order valence-corrected chi connectivity index (χ4v) is 4.80. The number of hydrogen-bond acceptors (Lipinski definition) is 4. The first-order valence-corrected chi connectivity index (χ1v) is 14.0. The molecule has 2 atom stereocenters. The van der Waals surface area contributed by atoms with E-state index in [-0.39, 0.29) is 15.9 Å². The van der Waals surface area contributed by atoms with E-state index in [9.17, 15) is 0 Å². The zero-order chi connectivity index (χ0) is 23.2. The van der Waals surface area contributed by atoms with Crippen LogP contribution in [0.5, 0.6) is 5.75 Å². The SMILES string of the molecule is COC1(c2cccc(O[Si](C)(C)C(C)(C)C)c2)OOC1(CCC(C)(C)C)C(C)(C)C. The van der Waals surface area contributed by atoms with Gasteiger partial charge in [0.05, 0.1) is 0 Å². The van der Waals surface area contributed by atoms with Crippen molar-refractivity contribution in [3.05, 3.63) is 29.8 Å². The topological polar surface area (TPSA) is 36.9 Å². The third-order valence-corrected chi connectivity index (χ3v) is 11.3. The van der Waals surface area contributed by atoms with Crippen LogP contribution in [0.25, 0.3) is 0 Å². The van der Waals surface area contributed by atoms with E-state index in [0.29, 0.717) is 0 Å². The molecule has 0 radical (unpaired) electrons. The molecule has 0 amide bonds. The van der Waals surface area contributed by atoms with E-state index in [0.717, 1.165) is 24.2 Å². The van der Waals surface area contributed by atoms with E-state index in [1.54, 1.807) is 7.11 Å². The van der Waals surface area contributed by atoms with Crippen molar-refractivity contribution >= 4 is 8.32 Å². The molecule has 1 aromatic carbocycles. The molecule has 2 rings (SSSR count). The van der Waals surface area contributed by atoms with Crippen molar-refractivity contribution in [2.75, 3.05) is 7.11 Å². The summed E-state index contributed by atoms with van der Waals surface area (Å²) in [5.74, 6) is -0.104. The highest BCUT2D eigenvalue weighted by molar-refractivity contribution is 6.74. The molecule has 0 bridgehead atoms. The van der Waals surface area contributed by atoms with Gasteiger partial charge in [0.15, 0.2) is 5.60 Å². The molecule has 2 unspecified atom stereocenters. The molecule has 30 heavy (non-hydrogen) atoms.